The van der Waals surface area contributed by atoms with Crippen molar-refractivity contribution in [1.82, 2.24) is 10.2 Å². The lowest BCUT2D eigenvalue weighted by atomic mass is 9.49. The maximum absolute atomic E-state index is 13.1. The first kappa shape index (κ1) is 20.7. The van der Waals surface area contributed by atoms with Gasteiger partial charge in [-0.1, -0.05) is 12.1 Å². The minimum absolute atomic E-state index is 0.0580. The van der Waals surface area contributed by atoms with E-state index in [2.05, 4.69) is 5.32 Å². The van der Waals surface area contributed by atoms with E-state index in [1.807, 2.05) is 30.0 Å². The van der Waals surface area contributed by atoms with Crippen LogP contribution in [0.25, 0.3) is 0 Å². The number of amides is 2. The third-order valence-corrected chi connectivity index (χ3v) is 7.89. The van der Waals surface area contributed by atoms with Crippen molar-refractivity contribution in [3.05, 3.63) is 23.8 Å². The molecule has 2 amide bonds. The molecule has 5 aliphatic rings. The fraction of sp³-hybridized carbons (Fsp3) is 0.680. The van der Waals surface area contributed by atoms with Gasteiger partial charge in [-0.2, -0.15) is 0 Å². The molecule has 0 radical (unpaired) electrons. The molecule has 4 fully saturated rings. The Bertz CT molecular complexity index is 817. The van der Waals surface area contributed by atoms with Crippen molar-refractivity contribution in [3.8, 4) is 11.5 Å². The van der Waals surface area contributed by atoms with Crippen LogP contribution in [0.5, 0.6) is 11.5 Å². The normalized spacial score (nSPS) is 30.2. The fourth-order valence-corrected chi connectivity index (χ4v) is 6.86. The molecule has 0 atom stereocenters. The van der Waals surface area contributed by atoms with Crippen molar-refractivity contribution in [1.29, 1.82) is 0 Å². The zero-order valence-corrected chi connectivity index (χ0v) is 18.5. The van der Waals surface area contributed by atoms with E-state index in [1.54, 1.807) is 0 Å². The van der Waals surface area contributed by atoms with Crippen molar-refractivity contribution in [2.75, 3.05) is 26.3 Å². The Morgan fingerprint density at radius 3 is 2.42 bits per heavy atom. The van der Waals surface area contributed by atoms with Gasteiger partial charge in [0.15, 0.2) is 11.5 Å². The number of hydrogen-bond acceptors (Lipinski definition) is 4. The van der Waals surface area contributed by atoms with Gasteiger partial charge in [-0.3, -0.25) is 9.59 Å². The third-order valence-electron chi connectivity index (χ3n) is 7.89. The molecule has 31 heavy (non-hydrogen) atoms. The van der Waals surface area contributed by atoms with E-state index in [-0.39, 0.29) is 17.2 Å². The number of benzene rings is 1. The van der Waals surface area contributed by atoms with Crippen LogP contribution in [-0.2, 0) is 16.1 Å². The second-order valence-corrected chi connectivity index (χ2v) is 10.1. The van der Waals surface area contributed by atoms with Crippen molar-refractivity contribution >= 4 is 11.8 Å². The Hall–Kier alpha value is -2.24. The van der Waals surface area contributed by atoms with E-state index in [1.165, 1.54) is 19.3 Å². The van der Waals surface area contributed by atoms with E-state index >= 15 is 0 Å². The van der Waals surface area contributed by atoms with Gasteiger partial charge in [0.2, 0.25) is 11.8 Å². The monoisotopic (exact) mass is 426 g/mol. The summed E-state index contributed by atoms with van der Waals surface area (Å²) in [6.45, 7) is 4.59. The highest BCUT2D eigenvalue weighted by atomic mass is 16.6. The Balaban J connectivity index is 1.15. The van der Waals surface area contributed by atoms with Gasteiger partial charge >= 0.3 is 0 Å². The predicted molar refractivity (Wildman–Crippen MR) is 117 cm³/mol. The van der Waals surface area contributed by atoms with Gasteiger partial charge in [0.25, 0.3) is 0 Å². The molecule has 1 N–H and O–H groups in total. The lowest BCUT2D eigenvalue weighted by molar-refractivity contribution is -0.146. The van der Waals surface area contributed by atoms with E-state index < -0.39 is 0 Å². The van der Waals surface area contributed by atoms with E-state index in [4.69, 9.17) is 9.47 Å². The van der Waals surface area contributed by atoms with Crippen molar-refractivity contribution in [2.24, 2.45) is 23.2 Å². The molecule has 6 nitrogen and oxygen atoms in total. The Labute approximate surface area is 184 Å². The van der Waals surface area contributed by atoms with Gasteiger partial charge in [-0.15, -0.1) is 0 Å². The van der Waals surface area contributed by atoms with E-state index in [0.717, 1.165) is 54.1 Å². The summed E-state index contributed by atoms with van der Waals surface area (Å²) in [5.41, 5.74) is 0.813. The van der Waals surface area contributed by atoms with Crippen LogP contribution in [0.15, 0.2) is 18.2 Å². The number of hydrogen-bond donors (Lipinski definition) is 1. The Kier molecular flexibility index (Phi) is 5.57. The van der Waals surface area contributed by atoms with Crippen molar-refractivity contribution < 1.29 is 19.1 Å². The van der Waals surface area contributed by atoms with Gasteiger partial charge in [0.05, 0.1) is 0 Å². The molecule has 168 valence electrons. The summed E-state index contributed by atoms with van der Waals surface area (Å²) in [6, 6.07) is 5.82. The van der Waals surface area contributed by atoms with Crippen LogP contribution < -0.4 is 14.8 Å². The van der Waals surface area contributed by atoms with Crippen LogP contribution in [0.3, 0.4) is 0 Å². The largest absolute Gasteiger partial charge is 0.486 e. The smallest absolute Gasteiger partial charge is 0.226 e. The van der Waals surface area contributed by atoms with Crippen molar-refractivity contribution in [2.45, 2.75) is 58.4 Å². The van der Waals surface area contributed by atoms with E-state index in [9.17, 15) is 9.59 Å². The Morgan fingerprint density at radius 2 is 1.74 bits per heavy atom. The first-order valence-corrected chi connectivity index (χ1v) is 12.0. The van der Waals surface area contributed by atoms with E-state index in [0.29, 0.717) is 39.3 Å². The van der Waals surface area contributed by atoms with Gasteiger partial charge < -0.3 is 19.7 Å². The molecule has 0 spiro atoms. The summed E-state index contributed by atoms with van der Waals surface area (Å²) in [5, 5.41) is 3.13. The number of carbonyl (C=O) groups excluding carboxylic acids is 2. The number of nitrogens with one attached hydrogen (secondary N) is 1. The zero-order valence-electron chi connectivity index (χ0n) is 18.5. The van der Waals surface area contributed by atoms with Crippen LogP contribution in [0, 0.1) is 23.2 Å². The molecule has 1 aromatic rings. The number of para-hydroxylation sites is 1. The highest BCUT2D eigenvalue weighted by Gasteiger charge is 2.54. The second-order valence-electron chi connectivity index (χ2n) is 10.1. The first-order chi connectivity index (χ1) is 15.1. The summed E-state index contributed by atoms with van der Waals surface area (Å²) in [4.78, 5) is 27.8. The maximum Gasteiger partial charge on any atom is 0.226 e. The average molecular weight is 427 g/mol. The quantitative estimate of drug-likeness (QED) is 0.724. The van der Waals surface area contributed by atoms with Crippen LogP contribution in [-0.4, -0.2) is 43.0 Å². The van der Waals surface area contributed by atoms with Crippen LogP contribution >= 0.6 is 0 Å². The zero-order chi connectivity index (χ0) is 21.4. The number of nitrogens with zero attached hydrogens (tertiary/aromatic N) is 1. The van der Waals surface area contributed by atoms with Gasteiger partial charge in [-0.05, 0) is 69.3 Å². The lowest BCUT2D eigenvalue weighted by Gasteiger charge is -2.55. The number of rotatable bonds is 7. The molecule has 0 unspecified atom stereocenters. The lowest BCUT2D eigenvalue weighted by Crippen LogP contribution is -2.53. The average Bonchev–Trinajstić information content (AvgIpc) is 2.76. The first-order valence-electron chi connectivity index (χ1n) is 12.0. The molecule has 4 saturated carbocycles. The summed E-state index contributed by atoms with van der Waals surface area (Å²) in [6.07, 6.45) is 7.48. The van der Waals surface area contributed by atoms with Gasteiger partial charge in [0.1, 0.15) is 13.2 Å². The van der Waals surface area contributed by atoms with Crippen LogP contribution in [0.2, 0.25) is 0 Å². The number of carbonyl (C=O) groups is 2. The second kappa shape index (κ2) is 8.36. The van der Waals surface area contributed by atoms with Crippen molar-refractivity contribution in [3.63, 3.8) is 0 Å². The predicted octanol–water partition coefficient (Wildman–Crippen LogP) is 3.53. The minimum atomic E-state index is -0.150. The molecule has 1 aliphatic heterocycles. The highest BCUT2D eigenvalue weighted by molar-refractivity contribution is 5.84. The molecular weight excluding hydrogens is 392 g/mol. The number of ether oxygens (including phenoxy) is 2. The SMILES string of the molecule is CCN(Cc1cccc2c1OCCO2)C(=O)CCNC(=O)C12CC3CC(CC(C3)C1)C2. The molecule has 1 heterocycles. The summed E-state index contributed by atoms with van der Waals surface area (Å²) < 4.78 is 11.4. The highest BCUT2D eigenvalue weighted by Crippen LogP contribution is 2.60. The van der Waals surface area contributed by atoms with Gasteiger partial charge in [0, 0.05) is 37.0 Å². The molecule has 1 aromatic carbocycles. The minimum Gasteiger partial charge on any atom is -0.486 e. The standard InChI is InChI=1S/C25H34N2O4/c1-2-27(16-20-4-3-5-21-23(20)31-9-8-30-21)22(28)6-7-26-24(29)25-13-17-10-18(14-25)12-19(11-17)15-25/h3-5,17-19H,2,6-16H2,1H3,(H,26,29). The molecule has 4 aliphatic carbocycles. The molecule has 0 saturated heterocycles. The molecule has 6 rings (SSSR count). The van der Waals surface area contributed by atoms with Crippen LogP contribution in [0.4, 0.5) is 0 Å². The maximum atomic E-state index is 13.1. The fourth-order valence-electron chi connectivity index (χ4n) is 6.86. The summed E-state index contributed by atoms with van der Waals surface area (Å²) in [7, 11) is 0. The summed E-state index contributed by atoms with van der Waals surface area (Å²) >= 11 is 0. The Morgan fingerprint density at radius 1 is 1.06 bits per heavy atom. The molecular formula is C25H34N2O4. The third kappa shape index (κ3) is 4.01. The topological polar surface area (TPSA) is 67.9 Å². The van der Waals surface area contributed by atoms with Gasteiger partial charge in [-0.25, -0.2) is 0 Å². The van der Waals surface area contributed by atoms with Crippen LogP contribution in [0.1, 0.15) is 57.4 Å². The number of fused-ring (bicyclic) bond motifs is 1. The molecule has 0 aromatic heterocycles. The molecule has 4 bridgehead atoms. The summed E-state index contributed by atoms with van der Waals surface area (Å²) in [5.74, 6) is 3.99. The molecule has 6 heteroatoms.